The van der Waals surface area contributed by atoms with Crippen LogP contribution in [0.5, 0.6) is 5.75 Å². The molecule has 0 saturated heterocycles. The summed E-state index contributed by atoms with van der Waals surface area (Å²) in [6.45, 7) is 0.637. The van der Waals surface area contributed by atoms with Crippen LogP contribution in [0.1, 0.15) is 12.0 Å². The molecule has 25 heavy (non-hydrogen) atoms. The molecule has 5 nitrogen and oxygen atoms in total. The minimum atomic E-state index is -0.343. The van der Waals surface area contributed by atoms with Crippen LogP contribution in [0.15, 0.2) is 54.6 Å². The van der Waals surface area contributed by atoms with Crippen molar-refractivity contribution in [1.82, 2.24) is 4.90 Å². The third-order valence-electron chi connectivity index (χ3n) is 3.56. The summed E-state index contributed by atoms with van der Waals surface area (Å²) >= 11 is 2.21. The van der Waals surface area contributed by atoms with Crippen molar-refractivity contribution in [1.29, 1.82) is 0 Å². The summed E-state index contributed by atoms with van der Waals surface area (Å²) in [4.78, 5) is 25.6. The number of nitrogens with zero attached hydrogens (tertiary/aromatic N) is 1. The number of hydrogen-bond donors (Lipinski definition) is 0. The Morgan fingerprint density at radius 3 is 2.36 bits per heavy atom. The molecule has 0 aliphatic rings. The lowest BCUT2D eigenvalue weighted by molar-refractivity contribution is -0.142. The van der Waals surface area contributed by atoms with Crippen molar-refractivity contribution in [3.8, 4) is 5.75 Å². The molecule has 2 rings (SSSR count). The zero-order chi connectivity index (χ0) is 18.1. The van der Waals surface area contributed by atoms with Gasteiger partial charge in [-0.3, -0.25) is 9.59 Å². The predicted octanol–water partition coefficient (Wildman–Crippen LogP) is 3.26. The van der Waals surface area contributed by atoms with Gasteiger partial charge in [0.25, 0.3) is 5.91 Å². The van der Waals surface area contributed by atoms with E-state index in [1.54, 1.807) is 4.90 Å². The highest BCUT2D eigenvalue weighted by atomic mass is 127. The number of ether oxygens (including phenoxy) is 2. The van der Waals surface area contributed by atoms with E-state index in [4.69, 9.17) is 4.74 Å². The normalized spacial score (nSPS) is 10.2. The first-order valence-electron chi connectivity index (χ1n) is 7.85. The highest BCUT2D eigenvalue weighted by molar-refractivity contribution is 14.1. The number of esters is 1. The number of rotatable bonds is 8. The number of halogens is 1. The Bertz CT molecular complexity index is 688. The van der Waals surface area contributed by atoms with E-state index in [-0.39, 0.29) is 31.4 Å². The Labute approximate surface area is 161 Å². The summed E-state index contributed by atoms with van der Waals surface area (Å²) < 4.78 is 11.3. The van der Waals surface area contributed by atoms with Crippen LogP contribution in [0.4, 0.5) is 0 Å². The van der Waals surface area contributed by atoms with Gasteiger partial charge in [-0.05, 0) is 52.4 Å². The summed E-state index contributed by atoms with van der Waals surface area (Å²) in [6.07, 6.45) is 0.151. The molecule has 0 N–H and O–H groups in total. The highest BCUT2D eigenvalue weighted by Gasteiger charge is 2.16. The van der Waals surface area contributed by atoms with E-state index >= 15 is 0 Å². The molecule has 0 atom stereocenters. The molecule has 1 amide bonds. The molecule has 0 radical (unpaired) electrons. The van der Waals surface area contributed by atoms with E-state index < -0.39 is 0 Å². The lowest BCUT2D eigenvalue weighted by atomic mass is 10.2. The molecule has 0 heterocycles. The molecule has 0 fully saturated rings. The number of carbonyl (C=O) groups is 2. The summed E-state index contributed by atoms with van der Waals surface area (Å²) in [7, 11) is 1.34. The Kier molecular flexibility index (Phi) is 7.72. The van der Waals surface area contributed by atoms with Gasteiger partial charge in [-0.1, -0.05) is 30.3 Å². The van der Waals surface area contributed by atoms with Gasteiger partial charge in [0, 0.05) is 16.7 Å². The quantitative estimate of drug-likeness (QED) is 0.455. The van der Waals surface area contributed by atoms with Gasteiger partial charge in [0.15, 0.2) is 6.61 Å². The van der Waals surface area contributed by atoms with Crippen LogP contribution in [0.25, 0.3) is 0 Å². The molecular formula is C19H20INO4. The van der Waals surface area contributed by atoms with E-state index in [0.29, 0.717) is 12.3 Å². The summed E-state index contributed by atoms with van der Waals surface area (Å²) in [5.41, 5.74) is 0.995. The van der Waals surface area contributed by atoms with Crippen molar-refractivity contribution in [3.05, 3.63) is 63.7 Å². The molecule has 0 aromatic heterocycles. The van der Waals surface area contributed by atoms with E-state index in [1.807, 2.05) is 54.6 Å². The smallest absolute Gasteiger partial charge is 0.307 e. The second-order valence-electron chi connectivity index (χ2n) is 5.37. The van der Waals surface area contributed by atoms with Gasteiger partial charge in [0.1, 0.15) is 5.75 Å². The van der Waals surface area contributed by atoms with Crippen LogP contribution < -0.4 is 4.74 Å². The Hall–Kier alpha value is -2.09. The minimum absolute atomic E-state index is 0.0748. The van der Waals surface area contributed by atoms with Gasteiger partial charge >= 0.3 is 5.97 Å². The van der Waals surface area contributed by atoms with E-state index in [0.717, 1.165) is 9.13 Å². The number of benzene rings is 2. The number of amides is 1. The van der Waals surface area contributed by atoms with Gasteiger partial charge in [0.05, 0.1) is 13.5 Å². The molecular weight excluding hydrogens is 433 g/mol. The zero-order valence-corrected chi connectivity index (χ0v) is 16.1. The van der Waals surface area contributed by atoms with Gasteiger partial charge in [-0.15, -0.1) is 0 Å². The molecule has 2 aromatic rings. The van der Waals surface area contributed by atoms with Gasteiger partial charge in [-0.25, -0.2) is 0 Å². The van der Waals surface area contributed by atoms with E-state index in [1.165, 1.54) is 7.11 Å². The third kappa shape index (κ3) is 6.74. The van der Waals surface area contributed by atoms with Crippen molar-refractivity contribution in [2.24, 2.45) is 0 Å². The second kappa shape index (κ2) is 10.0. The maximum absolute atomic E-state index is 12.5. The summed E-state index contributed by atoms with van der Waals surface area (Å²) in [5.74, 6) is 0.122. The molecule has 0 bridgehead atoms. The molecule has 6 heteroatoms. The van der Waals surface area contributed by atoms with Crippen molar-refractivity contribution >= 4 is 34.5 Å². The third-order valence-corrected chi connectivity index (χ3v) is 4.28. The zero-order valence-electron chi connectivity index (χ0n) is 14.0. The maximum Gasteiger partial charge on any atom is 0.307 e. The summed E-state index contributed by atoms with van der Waals surface area (Å²) in [5, 5.41) is 0. The topological polar surface area (TPSA) is 55.8 Å². The molecule has 132 valence electrons. The number of methoxy groups -OCH3 is 1. The van der Waals surface area contributed by atoms with E-state index in [9.17, 15) is 9.59 Å². The predicted molar refractivity (Wildman–Crippen MR) is 103 cm³/mol. The SMILES string of the molecule is COC(=O)CCN(Cc1ccccc1)C(=O)COc1ccc(I)cc1. The number of carbonyl (C=O) groups excluding carboxylic acids is 2. The van der Waals surface area contributed by atoms with Crippen LogP contribution in [0, 0.1) is 3.57 Å². The van der Waals surface area contributed by atoms with Crippen LogP contribution in [-0.2, 0) is 20.9 Å². The van der Waals surface area contributed by atoms with E-state index in [2.05, 4.69) is 27.3 Å². The summed E-state index contributed by atoms with van der Waals surface area (Å²) in [6, 6.07) is 17.1. The fourth-order valence-electron chi connectivity index (χ4n) is 2.19. The van der Waals surface area contributed by atoms with Crippen LogP contribution in [0.2, 0.25) is 0 Å². The number of hydrogen-bond acceptors (Lipinski definition) is 4. The Morgan fingerprint density at radius 1 is 1.04 bits per heavy atom. The van der Waals surface area contributed by atoms with Crippen LogP contribution in [-0.4, -0.2) is 37.0 Å². The monoisotopic (exact) mass is 453 g/mol. The maximum atomic E-state index is 12.5. The first-order valence-corrected chi connectivity index (χ1v) is 8.93. The van der Waals surface area contributed by atoms with Gasteiger partial charge in [-0.2, -0.15) is 0 Å². The largest absolute Gasteiger partial charge is 0.484 e. The minimum Gasteiger partial charge on any atom is -0.484 e. The fraction of sp³-hybridized carbons (Fsp3) is 0.263. The fourth-order valence-corrected chi connectivity index (χ4v) is 2.55. The van der Waals surface area contributed by atoms with Crippen molar-refractivity contribution < 1.29 is 19.1 Å². The first kappa shape index (κ1) is 19.2. The first-order chi connectivity index (χ1) is 12.1. The van der Waals surface area contributed by atoms with Crippen molar-refractivity contribution in [3.63, 3.8) is 0 Å². The molecule has 0 aliphatic carbocycles. The van der Waals surface area contributed by atoms with Crippen LogP contribution in [0.3, 0.4) is 0 Å². The molecule has 2 aromatic carbocycles. The van der Waals surface area contributed by atoms with Crippen molar-refractivity contribution in [2.45, 2.75) is 13.0 Å². The highest BCUT2D eigenvalue weighted by Crippen LogP contribution is 2.14. The Morgan fingerprint density at radius 2 is 1.72 bits per heavy atom. The van der Waals surface area contributed by atoms with Crippen LogP contribution >= 0.6 is 22.6 Å². The standard InChI is InChI=1S/C19H20INO4/c1-24-19(23)11-12-21(13-15-5-3-2-4-6-15)18(22)14-25-17-9-7-16(20)8-10-17/h2-10H,11-14H2,1H3. The molecule has 0 saturated carbocycles. The Balaban J connectivity index is 1.97. The average molecular weight is 453 g/mol. The molecule has 0 spiro atoms. The molecule has 0 aliphatic heterocycles. The van der Waals surface area contributed by atoms with Crippen molar-refractivity contribution in [2.75, 3.05) is 20.3 Å². The lowest BCUT2D eigenvalue weighted by Crippen LogP contribution is -2.36. The second-order valence-corrected chi connectivity index (χ2v) is 6.62. The van der Waals surface area contributed by atoms with Gasteiger partial charge in [0.2, 0.25) is 0 Å². The lowest BCUT2D eigenvalue weighted by Gasteiger charge is -2.22. The molecule has 0 unspecified atom stereocenters. The van der Waals surface area contributed by atoms with Gasteiger partial charge < -0.3 is 14.4 Å². The average Bonchev–Trinajstić information content (AvgIpc) is 2.64.